The van der Waals surface area contributed by atoms with Crippen LogP contribution in [0.15, 0.2) is 24.3 Å². The molecular formula is C12H16O3. The SMILES string of the molecule is CCOCC(=O)c1ccc(OCC)cc1. The van der Waals surface area contributed by atoms with Crippen LogP contribution >= 0.6 is 0 Å². The lowest BCUT2D eigenvalue weighted by Gasteiger charge is -2.04. The van der Waals surface area contributed by atoms with Gasteiger partial charge in [0.2, 0.25) is 0 Å². The van der Waals surface area contributed by atoms with Crippen LogP contribution in [0.4, 0.5) is 0 Å². The Labute approximate surface area is 90.0 Å². The van der Waals surface area contributed by atoms with E-state index in [4.69, 9.17) is 9.47 Å². The van der Waals surface area contributed by atoms with Crippen molar-refractivity contribution in [1.82, 2.24) is 0 Å². The van der Waals surface area contributed by atoms with Crippen molar-refractivity contribution in [2.75, 3.05) is 19.8 Å². The minimum Gasteiger partial charge on any atom is -0.494 e. The van der Waals surface area contributed by atoms with E-state index in [0.29, 0.717) is 18.8 Å². The second kappa shape index (κ2) is 6.19. The zero-order valence-electron chi connectivity index (χ0n) is 9.16. The molecule has 0 aromatic heterocycles. The Bertz CT molecular complexity index is 303. The van der Waals surface area contributed by atoms with E-state index in [-0.39, 0.29) is 12.4 Å². The van der Waals surface area contributed by atoms with Gasteiger partial charge in [0.1, 0.15) is 12.4 Å². The number of hydrogen-bond acceptors (Lipinski definition) is 3. The van der Waals surface area contributed by atoms with E-state index in [0.717, 1.165) is 5.75 Å². The van der Waals surface area contributed by atoms with Gasteiger partial charge in [0, 0.05) is 12.2 Å². The first-order chi connectivity index (χ1) is 7.27. The third-order valence-corrected chi connectivity index (χ3v) is 1.92. The molecule has 0 aliphatic rings. The first kappa shape index (κ1) is 11.7. The van der Waals surface area contributed by atoms with Crippen LogP contribution in [0.3, 0.4) is 0 Å². The van der Waals surface area contributed by atoms with Crippen molar-refractivity contribution in [1.29, 1.82) is 0 Å². The van der Waals surface area contributed by atoms with Crippen LogP contribution in [0.25, 0.3) is 0 Å². The van der Waals surface area contributed by atoms with E-state index in [9.17, 15) is 4.79 Å². The normalized spacial score (nSPS) is 10.0. The number of hydrogen-bond donors (Lipinski definition) is 0. The van der Waals surface area contributed by atoms with Gasteiger partial charge in [-0.25, -0.2) is 0 Å². The van der Waals surface area contributed by atoms with Gasteiger partial charge in [-0.2, -0.15) is 0 Å². The zero-order chi connectivity index (χ0) is 11.1. The van der Waals surface area contributed by atoms with Crippen molar-refractivity contribution in [3.05, 3.63) is 29.8 Å². The Kier molecular flexibility index (Phi) is 4.84. The van der Waals surface area contributed by atoms with Crippen LogP contribution in [0.2, 0.25) is 0 Å². The van der Waals surface area contributed by atoms with Crippen molar-refractivity contribution < 1.29 is 14.3 Å². The highest BCUT2D eigenvalue weighted by atomic mass is 16.5. The third-order valence-electron chi connectivity index (χ3n) is 1.92. The Morgan fingerprint density at radius 1 is 1.13 bits per heavy atom. The molecule has 15 heavy (non-hydrogen) atoms. The second-order valence-corrected chi connectivity index (χ2v) is 3.02. The summed E-state index contributed by atoms with van der Waals surface area (Å²) in [6.45, 7) is 5.12. The summed E-state index contributed by atoms with van der Waals surface area (Å²) in [6, 6.07) is 7.10. The lowest BCUT2D eigenvalue weighted by Crippen LogP contribution is -2.08. The summed E-state index contributed by atoms with van der Waals surface area (Å²) in [5.74, 6) is 0.783. The molecule has 3 heteroatoms. The average Bonchev–Trinajstić information content (AvgIpc) is 2.27. The maximum Gasteiger partial charge on any atom is 0.188 e. The van der Waals surface area contributed by atoms with Crippen LogP contribution in [0.1, 0.15) is 24.2 Å². The number of ether oxygens (including phenoxy) is 2. The molecule has 0 N–H and O–H groups in total. The fraction of sp³-hybridized carbons (Fsp3) is 0.417. The molecule has 0 aliphatic heterocycles. The maximum atomic E-state index is 11.5. The quantitative estimate of drug-likeness (QED) is 0.673. The van der Waals surface area contributed by atoms with Crippen molar-refractivity contribution in [2.24, 2.45) is 0 Å². The monoisotopic (exact) mass is 208 g/mol. The van der Waals surface area contributed by atoms with Gasteiger partial charge < -0.3 is 9.47 Å². The summed E-state index contributed by atoms with van der Waals surface area (Å²) in [5.41, 5.74) is 0.659. The van der Waals surface area contributed by atoms with E-state index in [1.54, 1.807) is 24.3 Å². The molecule has 1 rings (SSSR count). The molecule has 0 heterocycles. The fourth-order valence-corrected chi connectivity index (χ4v) is 1.18. The van der Waals surface area contributed by atoms with Crippen LogP contribution in [0, 0.1) is 0 Å². The van der Waals surface area contributed by atoms with Gasteiger partial charge in [-0.15, -0.1) is 0 Å². The molecule has 0 radical (unpaired) electrons. The molecule has 0 aliphatic carbocycles. The molecule has 1 aromatic rings. The number of benzene rings is 1. The summed E-state index contributed by atoms with van der Waals surface area (Å²) in [7, 11) is 0. The Hall–Kier alpha value is -1.35. The standard InChI is InChI=1S/C12H16O3/c1-3-14-9-12(13)10-5-7-11(8-6-10)15-4-2/h5-8H,3-4,9H2,1-2H3. The first-order valence-electron chi connectivity index (χ1n) is 5.11. The summed E-state index contributed by atoms with van der Waals surface area (Å²) < 4.78 is 10.3. The minimum absolute atomic E-state index is 0.0000940. The molecule has 82 valence electrons. The highest BCUT2D eigenvalue weighted by Gasteiger charge is 2.05. The Morgan fingerprint density at radius 2 is 1.80 bits per heavy atom. The van der Waals surface area contributed by atoms with Crippen molar-refractivity contribution in [2.45, 2.75) is 13.8 Å². The number of Topliss-reactive ketones (excluding diaryl/α,β-unsaturated/α-hetero) is 1. The van der Waals surface area contributed by atoms with Crippen molar-refractivity contribution in [3.63, 3.8) is 0 Å². The molecule has 0 spiro atoms. The molecule has 0 unspecified atom stereocenters. The Balaban J connectivity index is 2.58. The van der Waals surface area contributed by atoms with Gasteiger partial charge in [-0.1, -0.05) is 0 Å². The number of ketones is 1. The molecule has 0 amide bonds. The lowest BCUT2D eigenvalue weighted by molar-refractivity contribution is 0.0783. The number of carbonyl (C=O) groups is 1. The predicted molar refractivity (Wildman–Crippen MR) is 58.4 cm³/mol. The van der Waals surface area contributed by atoms with Crippen LogP contribution < -0.4 is 4.74 Å². The predicted octanol–water partition coefficient (Wildman–Crippen LogP) is 2.30. The van der Waals surface area contributed by atoms with Crippen LogP contribution in [-0.4, -0.2) is 25.6 Å². The van der Waals surface area contributed by atoms with Gasteiger partial charge in [-0.05, 0) is 38.1 Å². The molecule has 0 saturated carbocycles. The molecule has 0 bridgehead atoms. The highest BCUT2D eigenvalue weighted by Crippen LogP contribution is 2.12. The van der Waals surface area contributed by atoms with E-state index in [1.807, 2.05) is 13.8 Å². The van der Waals surface area contributed by atoms with Crippen molar-refractivity contribution in [3.8, 4) is 5.75 Å². The first-order valence-corrected chi connectivity index (χ1v) is 5.11. The summed E-state index contributed by atoms with van der Waals surface area (Å²) in [5, 5.41) is 0. The van der Waals surface area contributed by atoms with E-state index < -0.39 is 0 Å². The molecule has 3 nitrogen and oxygen atoms in total. The van der Waals surface area contributed by atoms with Gasteiger partial charge in [0.05, 0.1) is 6.61 Å². The fourth-order valence-electron chi connectivity index (χ4n) is 1.18. The second-order valence-electron chi connectivity index (χ2n) is 3.02. The molecule has 0 fully saturated rings. The summed E-state index contributed by atoms with van der Waals surface area (Å²) >= 11 is 0. The zero-order valence-corrected chi connectivity index (χ0v) is 9.16. The molecule has 1 aromatic carbocycles. The lowest BCUT2D eigenvalue weighted by atomic mass is 10.1. The van der Waals surface area contributed by atoms with E-state index >= 15 is 0 Å². The van der Waals surface area contributed by atoms with Gasteiger partial charge >= 0.3 is 0 Å². The molecular weight excluding hydrogens is 192 g/mol. The van der Waals surface area contributed by atoms with Crippen LogP contribution in [-0.2, 0) is 4.74 Å². The summed E-state index contributed by atoms with van der Waals surface area (Å²) in [6.07, 6.45) is 0. The molecule has 0 saturated heterocycles. The number of carbonyl (C=O) groups excluding carboxylic acids is 1. The highest BCUT2D eigenvalue weighted by molar-refractivity contribution is 5.97. The van der Waals surface area contributed by atoms with Crippen LogP contribution in [0.5, 0.6) is 5.75 Å². The average molecular weight is 208 g/mol. The van der Waals surface area contributed by atoms with Gasteiger partial charge in [0.25, 0.3) is 0 Å². The topological polar surface area (TPSA) is 35.5 Å². The molecule has 0 atom stereocenters. The smallest absolute Gasteiger partial charge is 0.188 e. The minimum atomic E-state index is -0.0000940. The maximum absolute atomic E-state index is 11.5. The Morgan fingerprint density at radius 3 is 2.33 bits per heavy atom. The number of rotatable bonds is 6. The van der Waals surface area contributed by atoms with Crippen molar-refractivity contribution >= 4 is 5.78 Å². The summed E-state index contributed by atoms with van der Waals surface area (Å²) in [4.78, 5) is 11.5. The van der Waals surface area contributed by atoms with E-state index in [1.165, 1.54) is 0 Å². The van der Waals surface area contributed by atoms with E-state index in [2.05, 4.69) is 0 Å². The third kappa shape index (κ3) is 3.72. The largest absolute Gasteiger partial charge is 0.494 e. The van der Waals surface area contributed by atoms with Gasteiger partial charge in [0.15, 0.2) is 5.78 Å². The van der Waals surface area contributed by atoms with Gasteiger partial charge in [-0.3, -0.25) is 4.79 Å².